The van der Waals surface area contributed by atoms with E-state index >= 15 is 0 Å². The number of rotatable bonds is 5. The monoisotopic (exact) mass is 560 g/mol. The highest BCUT2D eigenvalue weighted by molar-refractivity contribution is 9.10. The van der Waals surface area contributed by atoms with E-state index in [1.807, 2.05) is 43.3 Å². The minimum atomic E-state index is -3.84. The van der Waals surface area contributed by atoms with E-state index in [2.05, 4.69) is 31.2 Å². The number of amidine groups is 1. The zero-order valence-electron chi connectivity index (χ0n) is 19.2. The Kier molecular flexibility index (Phi) is 5.35. The van der Waals surface area contributed by atoms with Crippen molar-refractivity contribution in [3.63, 3.8) is 0 Å². The second kappa shape index (κ2) is 8.46. The fourth-order valence-electron chi connectivity index (χ4n) is 4.64. The number of aromatic nitrogens is 2. The molecule has 1 atom stereocenters. The topological polar surface area (TPSA) is 96.3 Å². The van der Waals surface area contributed by atoms with Crippen LogP contribution in [0.25, 0.3) is 21.8 Å². The van der Waals surface area contributed by atoms with E-state index in [9.17, 15) is 13.2 Å². The van der Waals surface area contributed by atoms with E-state index < -0.39 is 10.0 Å². The number of aryl methyl sites for hydroxylation is 1. The van der Waals surface area contributed by atoms with Gasteiger partial charge in [-0.25, -0.2) is 12.4 Å². The third-order valence-electron chi connectivity index (χ3n) is 6.51. The summed E-state index contributed by atoms with van der Waals surface area (Å²) in [4.78, 5) is 21.1. The van der Waals surface area contributed by atoms with Crippen molar-refractivity contribution in [2.75, 3.05) is 6.54 Å². The van der Waals surface area contributed by atoms with Crippen LogP contribution < -0.4 is 5.32 Å². The Morgan fingerprint density at radius 1 is 1.06 bits per heavy atom. The van der Waals surface area contributed by atoms with Gasteiger partial charge in [-0.3, -0.25) is 9.79 Å². The van der Waals surface area contributed by atoms with E-state index in [0.717, 1.165) is 31.9 Å². The summed E-state index contributed by atoms with van der Waals surface area (Å²) in [5.41, 5.74) is 3.73. The van der Waals surface area contributed by atoms with Gasteiger partial charge >= 0.3 is 0 Å². The number of aliphatic imine (C=N–C) groups is 1. The Labute approximate surface area is 216 Å². The largest absolute Gasteiger partial charge is 0.360 e. The van der Waals surface area contributed by atoms with E-state index in [1.165, 1.54) is 3.97 Å². The molecule has 0 amide bonds. The van der Waals surface area contributed by atoms with Gasteiger partial charge in [0.15, 0.2) is 5.84 Å². The van der Waals surface area contributed by atoms with Gasteiger partial charge in [0.25, 0.3) is 10.0 Å². The molecule has 1 aliphatic rings. The first kappa shape index (κ1) is 22.8. The Morgan fingerprint density at radius 2 is 1.83 bits per heavy atom. The molecule has 0 fully saturated rings. The number of nitrogens with one attached hydrogen (secondary N) is 2. The number of benzene rings is 3. The average molecular weight is 561 g/mol. The highest BCUT2D eigenvalue weighted by Gasteiger charge is 2.30. The van der Waals surface area contributed by atoms with Gasteiger partial charge in [0.05, 0.1) is 28.6 Å². The summed E-state index contributed by atoms with van der Waals surface area (Å²) in [6.45, 7) is 2.24. The van der Waals surface area contributed by atoms with Crippen molar-refractivity contribution in [1.29, 1.82) is 0 Å². The van der Waals surface area contributed by atoms with Crippen molar-refractivity contribution < 1.29 is 13.2 Å². The Hall–Kier alpha value is -3.69. The molecule has 9 heteroatoms. The van der Waals surface area contributed by atoms with Crippen molar-refractivity contribution in [2.45, 2.75) is 17.9 Å². The molecule has 0 aliphatic carbocycles. The number of aromatic amines is 1. The number of Topliss-reactive ketones (excluding diaryl/α,β-unsaturated/α-hetero) is 1. The highest BCUT2D eigenvalue weighted by atomic mass is 79.9. The van der Waals surface area contributed by atoms with Crippen LogP contribution in [0, 0.1) is 6.92 Å². The number of carbonyl (C=O) groups excluding carboxylic acids is 1. The molecule has 0 radical (unpaired) electrons. The van der Waals surface area contributed by atoms with Crippen LogP contribution in [-0.2, 0) is 10.0 Å². The molecule has 1 aliphatic heterocycles. The summed E-state index contributed by atoms with van der Waals surface area (Å²) in [6, 6.07) is 19.6. The SMILES string of the molecule is Cc1ccc(S(=O)(=O)n2cc([C@H]3CN=C(C(=O)c4c[nH]c5ccccc45)N3)c3ccc(Br)cc32)cc1. The van der Waals surface area contributed by atoms with Crippen LogP contribution >= 0.6 is 15.9 Å². The molecule has 2 N–H and O–H groups in total. The fraction of sp³-hybridized carbons (Fsp3) is 0.111. The number of nitrogens with zero attached hydrogens (tertiary/aromatic N) is 2. The predicted octanol–water partition coefficient (Wildman–Crippen LogP) is 5.36. The van der Waals surface area contributed by atoms with Gasteiger partial charge in [-0.15, -0.1) is 0 Å². The maximum Gasteiger partial charge on any atom is 0.268 e. The van der Waals surface area contributed by atoms with Gasteiger partial charge < -0.3 is 10.3 Å². The Bertz CT molecular complexity index is 1800. The first-order chi connectivity index (χ1) is 17.3. The molecular formula is C27H21BrN4O3S. The zero-order chi connectivity index (χ0) is 25.0. The summed E-state index contributed by atoms with van der Waals surface area (Å²) >= 11 is 3.47. The Morgan fingerprint density at radius 3 is 2.64 bits per heavy atom. The molecule has 36 heavy (non-hydrogen) atoms. The van der Waals surface area contributed by atoms with Crippen molar-refractivity contribution in [3.8, 4) is 0 Å². The molecule has 0 unspecified atom stereocenters. The second-order valence-corrected chi connectivity index (χ2v) is 11.6. The number of carbonyl (C=O) groups is 1. The molecule has 0 saturated carbocycles. The number of halogens is 1. The van der Waals surface area contributed by atoms with E-state index in [0.29, 0.717) is 17.6 Å². The minimum absolute atomic E-state index is 0.200. The third kappa shape index (κ3) is 3.66. The first-order valence-electron chi connectivity index (χ1n) is 11.4. The van der Waals surface area contributed by atoms with E-state index in [1.54, 1.807) is 42.7 Å². The van der Waals surface area contributed by atoms with Gasteiger partial charge in [-0.2, -0.15) is 0 Å². The quantitative estimate of drug-likeness (QED) is 0.283. The average Bonchev–Trinajstić information content (AvgIpc) is 3.60. The third-order valence-corrected chi connectivity index (χ3v) is 8.69. The lowest BCUT2D eigenvalue weighted by Gasteiger charge is -2.11. The van der Waals surface area contributed by atoms with Crippen molar-refractivity contribution >= 4 is 59.4 Å². The molecule has 5 aromatic rings. The van der Waals surface area contributed by atoms with Gasteiger partial charge in [0.1, 0.15) is 0 Å². The normalized spacial score (nSPS) is 15.8. The summed E-state index contributed by atoms with van der Waals surface area (Å²) < 4.78 is 29.3. The summed E-state index contributed by atoms with van der Waals surface area (Å²) in [7, 11) is -3.84. The van der Waals surface area contributed by atoms with Crippen LogP contribution in [0.1, 0.15) is 27.5 Å². The lowest BCUT2D eigenvalue weighted by Crippen LogP contribution is -2.29. The molecule has 0 spiro atoms. The predicted molar refractivity (Wildman–Crippen MR) is 144 cm³/mol. The number of fused-ring (bicyclic) bond motifs is 2. The molecular weight excluding hydrogens is 540 g/mol. The molecule has 7 nitrogen and oxygen atoms in total. The molecule has 2 aromatic heterocycles. The van der Waals surface area contributed by atoms with Crippen LogP contribution in [0.5, 0.6) is 0 Å². The summed E-state index contributed by atoms with van der Waals surface area (Å²) in [6.07, 6.45) is 3.33. The van der Waals surface area contributed by atoms with Crippen molar-refractivity contribution in [2.24, 2.45) is 4.99 Å². The van der Waals surface area contributed by atoms with E-state index in [4.69, 9.17) is 0 Å². The molecule has 0 bridgehead atoms. The first-order valence-corrected chi connectivity index (χ1v) is 13.6. The second-order valence-electron chi connectivity index (χ2n) is 8.82. The van der Waals surface area contributed by atoms with Crippen molar-refractivity contribution in [3.05, 3.63) is 100 Å². The van der Waals surface area contributed by atoms with Crippen LogP contribution in [0.4, 0.5) is 0 Å². The number of hydrogen-bond acceptors (Lipinski definition) is 5. The molecule has 6 rings (SSSR count). The molecule has 3 aromatic carbocycles. The zero-order valence-corrected chi connectivity index (χ0v) is 21.6. The lowest BCUT2D eigenvalue weighted by atomic mass is 10.1. The van der Waals surface area contributed by atoms with Gasteiger partial charge in [-0.05, 0) is 37.3 Å². The minimum Gasteiger partial charge on any atom is -0.360 e. The van der Waals surface area contributed by atoms with Crippen LogP contribution in [0.15, 0.2) is 93.5 Å². The van der Waals surface area contributed by atoms with Gasteiger partial charge in [0.2, 0.25) is 5.78 Å². The number of hydrogen-bond donors (Lipinski definition) is 2. The molecule has 180 valence electrons. The van der Waals surface area contributed by atoms with Gasteiger partial charge in [-0.1, -0.05) is 57.9 Å². The Balaban J connectivity index is 1.37. The smallest absolute Gasteiger partial charge is 0.268 e. The number of para-hydroxylation sites is 1. The maximum absolute atomic E-state index is 13.6. The van der Waals surface area contributed by atoms with Crippen LogP contribution in [0.3, 0.4) is 0 Å². The molecule has 3 heterocycles. The molecule has 0 saturated heterocycles. The van der Waals surface area contributed by atoms with E-state index in [-0.39, 0.29) is 22.6 Å². The standard InChI is InChI=1S/C27H21BrN4O3S/c1-16-6-9-18(10-7-16)36(34,35)32-15-22(20-11-8-17(28)12-25(20)32)24-14-30-27(31-24)26(33)21-13-29-23-5-3-2-4-19(21)23/h2-13,15,24,29H,14H2,1H3,(H,30,31)/t24-/m1/s1. The number of H-pyrrole nitrogens is 1. The number of ketones is 1. The highest BCUT2D eigenvalue weighted by Crippen LogP contribution is 2.33. The van der Waals surface area contributed by atoms with Crippen molar-refractivity contribution in [1.82, 2.24) is 14.3 Å². The summed E-state index contributed by atoms with van der Waals surface area (Å²) in [5, 5.41) is 4.86. The van der Waals surface area contributed by atoms with Gasteiger partial charge in [0, 0.05) is 38.7 Å². The summed E-state index contributed by atoms with van der Waals surface area (Å²) in [5.74, 6) is 0.0675. The fourth-order valence-corrected chi connectivity index (χ4v) is 6.35. The maximum atomic E-state index is 13.6. The van der Waals surface area contributed by atoms with Crippen LogP contribution in [-0.4, -0.2) is 35.5 Å². The lowest BCUT2D eigenvalue weighted by molar-refractivity contribution is 0.106. The van der Waals surface area contributed by atoms with Crippen LogP contribution in [0.2, 0.25) is 0 Å².